The zero-order chi connectivity index (χ0) is 14.1. The number of ether oxygens (including phenoxy) is 1. The van der Waals surface area contributed by atoms with Gasteiger partial charge >= 0.3 is 0 Å². The molecule has 0 atom stereocenters. The zero-order valence-electron chi connectivity index (χ0n) is 12.5. The molecule has 0 saturated carbocycles. The van der Waals surface area contributed by atoms with Gasteiger partial charge in [-0.25, -0.2) is 0 Å². The second-order valence-corrected chi connectivity index (χ2v) is 5.11. The third kappa shape index (κ3) is 5.81. The predicted octanol–water partition coefficient (Wildman–Crippen LogP) is 3.53. The number of aryl methyl sites for hydroxylation is 1. The lowest BCUT2D eigenvalue weighted by Crippen LogP contribution is -2.19. The van der Waals surface area contributed by atoms with Crippen LogP contribution in [0.3, 0.4) is 0 Å². The molecule has 0 spiro atoms. The van der Waals surface area contributed by atoms with E-state index in [0.717, 1.165) is 25.3 Å². The van der Waals surface area contributed by atoms with Crippen LogP contribution in [0, 0.1) is 24.7 Å². The monoisotopic (exact) mass is 259 g/mol. The molecule has 1 rings (SSSR count). The van der Waals surface area contributed by atoms with Gasteiger partial charge in [-0.05, 0) is 31.9 Å². The second kappa shape index (κ2) is 8.61. The highest BCUT2D eigenvalue weighted by Gasteiger charge is 2.06. The van der Waals surface area contributed by atoms with E-state index in [4.69, 9.17) is 4.74 Å². The first-order valence-corrected chi connectivity index (χ1v) is 6.96. The number of hydrogen-bond acceptors (Lipinski definition) is 2. The molecule has 0 aliphatic carbocycles. The Morgan fingerprint density at radius 3 is 2.79 bits per heavy atom. The molecule has 19 heavy (non-hydrogen) atoms. The Hall–Kier alpha value is -1.46. The van der Waals surface area contributed by atoms with Crippen molar-refractivity contribution >= 4 is 0 Å². The summed E-state index contributed by atoms with van der Waals surface area (Å²) in [5.74, 6) is 7.58. The van der Waals surface area contributed by atoms with E-state index in [9.17, 15) is 0 Å². The zero-order valence-corrected chi connectivity index (χ0v) is 12.5. The molecule has 2 nitrogen and oxygen atoms in total. The fourth-order valence-corrected chi connectivity index (χ4v) is 1.88. The molecule has 0 heterocycles. The lowest BCUT2D eigenvalue weighted by molar-refractivity contribution is 0.320. The van der Waals surface area contributed by atoms with Gasteiger partial charge in [-0.2, -0.15) is 0 Å². The first-order valence-electron chi connectivity index (χ1n) is 6.96. The highest BCUT2D eigenvalue weighted by Crippen LogP contribution is 2.23. The molecule has 2 heteroatoms. The number of benzene rings is 1. The van der Waals surface area contributed by atoms with E-state index in [2.05, 4.69) is 56.1 Å². The summed E-state index contributed by atoms with van der Waals surface area (Å²) in [6.07, 6.45) is 0.781. The fraction of sp³-hybridized carbons (Fsp3) is 0.529. The summed E-state index contributed by atoms with van der Waals surface area (Å²) >= 11 is 0. The van der Waals surface area contributed by atoms with E-state index in [1.165, 1.54) is 11.1 Å². The molecule has 1 N–H and O–H groups in total. The van der Waals surface area contributed by atoms with E-state index < -0.39 is 0 Å². The SMILES string of the molecule is CC#CCCOc1c(C)cccc1CNCC(C)C. The summed E-state index contributed by atoms with van der Waals surface area (Å²) in [6.45, 7) is 10.9. The van der Waals surface area contributed by atoms with Crippen molar-refractivity contribution in [1.82, 2.24) is 5.32 Å². The number of para-hydroxylation sites is 1. The normalized spacial score (nSPS) is 10.2. The van der Waals surface area contributed by atoms with Crippen LogP contribution in [0.1, 0.15) is 38.3 Å². The van der Waals surface area contributed by atoms with E-state index >= 15 is 0 Å². The molecule has 0 aromatic heterocycles. The Morgan fingerprint density at radius 1 is 1.32 bits per heavy atom. The molecule has 0 saturated heterocycles. The molecular formula is C17H25NO. The van der Waals surface area contributed by atoms with Gasteiger partial charge in [0.05, 0.1) is 6.61 Å². The Balaban J connectivity index is 2.62. The summed E-state index contributed by atoms with van der Waals surface area (Å²) < 4.78 is 5.89. The van der Waals surface area contributed by atoms with Gasteiger partial charge in [0.25, 0.3) is 0 Å². The van der Waals surface area contributed by atoms with Gasteiger partial charge in [-0.1, -0.05) is 32.0 Å². The minimum atomic E-state index is 0.656. The van der Waals surface area contributed by atoms with Crippen molar-refractivity contribution in [2.45, 2.75) is 40.7 Å². The quantitative estimate of drug-likeness (QED) is 0.597. The van der Waals surface area contributed by atoms with Crippen molar-refractivity contribution < 1.29 is 4.74 Å². The summed E-state index contributed by atoms with van der Waals surface area (Å²) in [5.41, 5.74) is 2.42. The topological polar surface area (TPSA) is 21.3 Å². The van der Waals surface area contributed by atoms with Crippen molar-refractivity contribution in [2.24, 2.45) is 5.92 Å². The van der Waals surface area contributed by atoms with Crippen molar-refractivity contribution in [3.8, 4) is 17.6 Å². The molecule has 0 fully saturated rings. The molecule has 1 aromatic rings. The summed E-state index contributed by atoms with van der Waals surface area (Å²) in [6, 6.07) is 6.30. The van der Waals surface area contributed by atoms with Gasteiger partial charge in [-0.3, -0.25) is 0 Å². The van der Waals surface area contributed by atoms with Crippen LogP contribution in [-0.2, 0) is 6.54 Å². The predicted molar refractivity (Wildman–Crippen MR) is 81.3 cm³/mol. The average Bonchev–Trinajstić information content (AvgIpc) is 2.36. The third-order valence-electron chi connectivity index (χ3n) is 2.81. The summed E-state index contributed by atoms with van der Waals surface area (Å²) in [4.78, 5) is 0. The Labute approximate surface area is 117 Å². The molecule has 0 aliphatic rings. The average molecular weight is 259 g/mol. The third-order valence-corrected chi connectivity index (χ3v) is 2.81. The van der Waals surface area contributed by atoms with Crippen LogP contribution >= 0.6 is 0 Å². The van der Waals surface area contributed by atoms with E-state index in [0.29, 0.717) is 12.5 Å². The van der Waals surface area contributed by atoms with Crippen molar-refractivity contribution in [3.05, 3.63) is 29.3 Å². The molecular weight excluding hydrogens is 234 g/mol. The van der Waals surface area contributed by atoms with E-state index in [-0.39, 0.29) is 0 Å². The van der Waals surface area contributed by atoms with Gasteiger partial charge in [0.15, 0.2) is 0 Å². The van der Waals surface area contributed by atoms with Crippen LogP contribution in [0.5, 0.6) is 5.75 Å². The standard InChI is InChI=1S/C17H25NO/c1-5-6-7-11-19-17-15(4)9-8-10-16(17)13-18-12-14(2)3/h8-10,14,18H,7,11-13H2,1-4H3. The molecule has 0 aliphatic heterocycles. The minimum Gasteiger partial charge on any atom is -0.492 e. The largest absolute Gasteiger partial charge is 0.492 e. The summed E-state index contributed by atoms with van der Waals surface area (Å²) in [7, 11) is 0. The van der Waals surface area contributed by atoms with Gasteiger partial charge in [-0.15, -0.1) is 11.8 Å². The van der Waals surface area contributed by atoms with E-state index in [1.807, 2.05) is 6.92 Å². The number of rotatable bonds is 7. The summed E-state index contributed by atoms with van der Waals surface area (Å²) in [5, 5.41) is 3.46. The Bertz CT molecular complexity index is 440. The lowest BCUT2D eigenvalue weighted by Gasteiger charge is -2.14. The van der Waals surface area contributed by atoms with Crippen LogP contribution in [0.2, 0.25) is 0 Å². The molecule has 0 bridgehead atoms. The molecule has 1 aromatic carbocycles. The maximum absolute atomic E-state index is 5.89. The number of hydrogen-bond donors (Lipinski definition) is 1. The second-order valence-electron chi connectivity index (χ2n) is 5.11. The van der Waals surface area contributed by atoms with Gasteiger partial charge in [0.1, 0.15) is 5.75 Å². The van der Waals surface area contributed by atoms with Crippen molar-refractivity contribution in [2.75, 3.05) is 13.2 Å². The highest BCUT2D eigenvalue weighted by atomic mass is 16.5. The number of nitrogens with one attached hydrogen (secondary N) is 1. The van der Waals surface area contributed by atoms with Crippen molar-refractivity contribution in [3.63, 3.8) is 0 Å². The Kier molecular flexibility index (Phi) is 7.07. The van der Waals surface area contributed by atoms with Crippen LogP contribution in [0.25, 0.3) is 0 Å². The minimum absolute atomic E-state index is 0.656. The molecule has 0 radical (unpaired) electrons. The van der Waals surface area contributed by atoms with Gasteiger partial charge < -0.3 is 10.1 Å². The highest BCUT2D eigenvalue weighted by molar-refractivity contribution is 5.40. The molecule has 104 valence electrons. The van der Waals surface area contributed by atoms with Crippen LogP contribution in [-0.4, -0.2) is 13.2 Å². The van der Waals surface area contributed by atoms with Gasteiger partial charge in [0.2, 0.25) is 0 Å². The first-order chi connectivity index (χ1) is 9.15. The lowest BCUT2D eigenvalue weighted by atomic mass is 10.1. The fourth-order valence-electron chi connectivity index (χ4n) is 1.88. The van der Waals surface area contributed by atoms with E-state index in [1.54, 1.807) is 0 Å². The molecule has 0 unspecified atom stereocenters. The first kappa shape index (κ1) is 15.6. The van der Waals surface area contributed by atoms with Gasteiger partial charge in [0, 0.05) is 18.5 Å². The Morgan fingerprint density at radius 2 is 2.11 bits per heavy atom. The van der Waals surface area contributed by atoms with Crippen LogP contribution in [0.15, 0.2) is 18.2 Å². The molecule has 0 amide bonds. The van der Waals surface area contributed by atoms with Crippen molar-refractivity contribution in [1.29, 1.82) is 0 Å². The maximum Gasteiger partial charge on any atom is 0.126 e. The smallest absolute Gasteiger partial charge is 0.126 e. The maximum atomic E-state index is 5.89. The van der Waals surface area contributed by atoms with Crippen LogP contribution < -0.4 is 10.1 Å². The van der Waals surface area contributed by atoms with Crippen LogP contribution in [0.4, 0.5) is 0 Å².